The number of amidine groups is 1. The van der Waals surface area contributed by atoms with Crippen LogP contribution in [0.25, 0.3) is 10.2 Å². The highest BCUT2D eigenvalue weighted by atomic mass is 32.2. The summed E-state index contributed by atoms with van der Waals surface area (Å²) in [6.45, 7) is 0. The van der Waals surface area contributed by atoms with Crippen LogP contribution in [0.15, 0.2) is 75.7 Å². The molecule has 1 aromatic heterocycles. The van der Waals surface area contributed by atoms with E-state index in [2.05, 4.69) is 15.5 Å². The molecule has 1 heterocycles. The molecule has 0 saturated carbocycles. The van der Waals surface area contributed by atoms with Crippen molar-refractivity contribution >= 4 is 42.4 Å². The highest BCUT2D eigenvalue weighted by Crippen LogP contribution is 2.25. The van der Waals surface area contributed by atoms with Crippen molar-refractivity contribution in [2.24, 2.45) is 10.8 Å². The molecule has 0 fully saturated rings. The second-order valence-electron chi connectivity index (χ2n) is 5.87. The minimum absolute atomic E-state index is 0.0905. The van der Waals surface area contributed by atoms with E-state index in [4.69, 9.17) is 5.73 Å². The molecule has 0 aliphatic heterocycles. The van der Waals surface area contributed by atoms with Gasteiger partial charge in [-0.2, -0.15) is 5.10 Å². The topological polar surface area (TPSA) is 101 Å². The van der Waals surface area contributed by atoms with Crippen LogP contribution >= 0.6 is 11.3 Å². The van der Waals surface area contributed by atoms with E-state index < -0.39 is 9.84 Å². The maximum atomic E-state index is 13.0. The number of fused-ring (bicyclic) bond motifs is 1. The van der Waals surface area contributed by atoms with Crippen LogP contribution in [0, 0.1) is 0 Å². The smallest absolute Gasteiger partial charge is 0.211 e. The fourth-order valence-corrected chi connectivity index (χ4v) is 4.57. The van der Waals surface area contributed by atoms with Gasteiger partial charge >= 0.3 is 0 Å². The zero-order valence-corrected chi connectivity index (χ0v) is 16.5. The normalized spacial score (nSPS) is 13.0. The van der Waals surface area contributed by atoms with Crippen LogP contribution in [-0.4, -0.2) is 38.2 Å². The highest BCUT2D eigenvalue weighted by Gasteiger charge is 2.24. The second-order valence-corrected chi connectivity index (χ2v) is 8.82. The number of nitrogens with zero attached hydrogens (tertiary/aromatic N) is 3. The van der Waals surface area contributed by atoms with Crippen LogP contribution in [0.2, 0.25) is 0 Å². The Labute approximate surface area is 161 Å². The summed E-state index contributed by atoms with van der Waals surface area (Å²) in [5.74, 6) is -0.146. The van der Waals surface area contributed by atoms with Gasteiger partial charge < -0.3 is 10.6 Å². The number of rotatable bonds is 6. The molecule has 3 N–H and O–H groups in total. The average molecular weight is 402 g/mol. The van der Waals surface area contributed by atoms with Crippen molar-refractivity contribution in [3.63, 3.8) is 0 Å². The molecule has 140 valence electrons. The number of sulfone groups is 1. The van der Waals surface area contributed by atoms with Gasteiger partial charge in [0.25, 0.3) is 0 Å². The Morgan fingerprint density at radius 2 is 1.81 bits per heavy atom. The van der Waals surface area contributed by atoms with E-state index >= 15 is 0 Å². The van der Waals surface area contributed by atoms with Gasteiger partial charge in [-0.3, -0.25) is 5.43 Å². The molecule has 27 heavy (non-hydrogen) atoms. The van der Waals surface area contributed by atoms with Gasteiger partial charge in [0.15, 0.2) is 5.84 Å². The van der Waals surface area contributed by atoms with E-state index in [0.717, 1.165) is 10.2 Å². The standard InChI is InChI=1S/C18H19N5O2S2/c1-23(2)12-16(27(24,25)13-8-4-3-5-9-13)17(19)21-22-18-20-14-10-6-7-11-15(14)26-18/h3-12H,1-2H3,(H2,19,21)(H,20,22). The molecule has 7 nitrogen and oxygen atoms in total. The maximum Gasteiger partial charge on any atom is 0.211 e. The third-order valence-corrected chi connectivity index (χ3v) is 6.26. The van der Waals surface area contributed by atoms with Gasteiger partial charge in [-0.25, -0.2) is 13.4 Å². The van der Waals surface area contributed by atoms with Crippen molar-refractivity contribution in [2.75, 3.05) is 19.5 Å². The van der Waals surface area contributed by atoms with Crippen molar-refractivity contribution < 1.29 is 8.42 Å². The van der Waals surface area contributed by atoms with Gasteiger partial charge in [-0.05, 0) is 24.3 Å². The van der Waals surface area contributed by atoms with E-state index in [0.29, 0.717) is 5.13 Å². The van der Waals surface area contributed by atoms with Crippen molar-refractivity contribution in [3.8, 4) is 0 Å². The Bertz CT molecular complexity index is 1070. The number of hydrogen-bond acceptors (Lipinski definition) is 7. The molecule has 0 radical (unpaired) electrons. The molecule has 0 bridgehead atoms. The van der Waals surface area contributed by atoms with Crippen molar-refractivity contribution in [2.45, 2.75) is 4.90 Å². The van der Waals surface area contributed by atoms with Gasteiger partial charge in [0.2, 0.25) is 15.0 Å². The Balaban J connectivity index is 1.94. The van der Waals surface area contributed by atoms with Crippen LogP contribution < -0.4 is 11.2 Å². The van der Waals surface area contributed by atoms with E-state index in [-0.39, 0.29) is 15.6 Å². The van der Waals surface area contributed by atoms with Gasteiger partial charge in [0, 0.05) is 20.3 Å². The monoisotopic (exact) mass is 401 g/mol. The maximum absolute atomic E-state index is 13.0. The largest absolute Gasteiger partial charge is 0.382 e. The number of para-hydroxylation sites is 1. The van der Waals surface area contributed by atoms with Crippen LogP contribution in [-0.2, 0) is 9.84 Å². The van der Waals surface area contributed by atoms with E-state index in [9.17, 15) is 8.42 Å². The van der Waals surface area contributed by atoms with E-state index in [1.54, 1.807) is 37.2 Å². The van der Waals surface area contributed by atoms with Crippen LogP contribution in [0.4, 0.5) is 5.13 Å². The Morgan fingerprint density at radius 3 is 2.48 bits per heavy atom. The number of hydrogen-bond donors (Lipinski definition) is 2. The summed E-state index contributed by atoms with van der Waals surface area (Å²) in [7, 11) is -0.384. The molecule has 0 amide bonds. The SMILES string of the molecule is CN(C)C=C(/C(N)=N\Nc1nc2ccccc2s1)S(=O)(=O)c1ccccc1. The van der Waals surface area contributed by atoms with Gasteiger partial charge in [0.1, 0.15) is 4.91 Å². The first-order chi connectivity index (χ1) is 12.9. The summed E-state index contributed by atoms with van der Waals surface area (Å²) in [6.07, 6.45) is 1.43. The summed E-state index contributed by atoms with van der Waals surface area (Å²) in [5, 5.41) is 4.58. The molecule has 0 atom stereocenters. The minimum Gasteiger partial charge on any atom is -0.382 e. The second kappa shape index (κ2) is 7.77. The predicted molar refractivity (Wildman–Crippen MR) is 110 cm³/mol. The lowest BCUT2D eigenvalue weighted by atomic mass is 10.3. The first-order valence-corrected chi connectivity index (χ1v) is 10.3. The van der Waals surface area contributed by atoms with Crippen LogP contribution in [0.1, 0.15) is 0 Å². The molecule has 2 aromatic carbocycles. The van der Waals surface area contributed by atoms with Crippen LogP contribution in [0.5, 0.6) is 0 Å². The Morgan fingerprint density at radius 1 is 1.15 bits per heavy atom. The predicted octanol–water partition coefficient (Wildman–Crippen LogP) is 2.86. The molecule has 3 aromatic rings. The molecular weight excluding hydrogens is 382 g/mol. The van der Waals surface area contributed by atoms with Crippen LogP contribution in [0.3, 0.4) is 0 Å². The lowest BCUT2D eigenvalue weighted by molar-refractivity contribution is 0.559. The van der Waals surface area contributed by atoms with Gasteiger partial charge in [-0.15, -0.1) is 0 Å². The third kappa shape index (κ3) is 4.26. The molecule has 0 spiro atoms. The van der Waals surface area contributed by atoms with E-state index in [1.165, 1.54) is 29.7 Å². The average Bonchev–Trinajstić information content (AvgIpc) is 3.07. The first kappa shape index (κ1) is 18.9. The number of nitrogens with one attached hydrogen (secondary N) is 1. The number of nitrogens with two attached hydrogens (primary N) is 1. The molecule has 0 aliphatic rings. The van der Waals surface area contributed by atoms with E-state index in [1.807, 2.05) is 24.3 Å². The molecular formula is C18H19N5O2S2. The Kier molecular flexibility index (Phi) is 5.43. The summed E-state index contributed by atoms with van der Waals surface area (Å²) >= 11 is 1.40. The fraction of sp³-hybridized carbons (Fsp3) is 0.111. The van der Waals surface area contributed by atoms with Crippen molar-refractivity contribution in [1.82, 2.24) is 9.88 Å². The number of benzene rings is 2. The van der Waals surface area contributed by atoms with Crippen molar-refractivity contribution in [3.05, 3.63) is 65.7 Å². The lowest BCUT2D eigenvalue weighted by Gasteiger charge is -2.12. The van der Waals surface area contributed by atoms with Gasteiger partial charge in [-0.1, -0.05) is 41.7 Å². The Hall–Kier alpha value is -2.91. The first-order valence-electron chi connectivity index (χ1n) is 8.01. The number of thiazole rings is 1. The minimum atomic E-state index is -3.82. The van der Waals surface area contributed by atoms with Crippen molar-refractivity contribution in [1.29, 1.82) is 0 Å². The number of hydrazone groups is 1. The number of anilines is 1. The third-order valence-electron chi connectivity index (χ3n) is 3.54. The molecule has 0 aliphatic carbocycles. The lowest BCUT2D eigenvalue weighted by Crippen LogP contribution is -2.25. The van der Waals surface area contributed by atoms with Gasteiger partial charge in [0.05, 0.1) is 15.1 Å². The summed E-state index contributed by atoms with van der Waals surface area (Å²) < 4.78 is 26.9. The summed E-state index contributed by atoms with van der Waals surface area (Å²) in [5.41, 5.74) is 9.61. The molecule has 0 saturated heterocycles. The molecule has 3 rings (SSSR count). The zero-order chi connectivity index (χ0) is 19.4. The number of aromatic nitrogens is 1. The highest BCUT2D eigenvalue weighted by molar-refractivity contribution is 7.96. The molecule has 0 unspecified atom stereocenters. The molecule has 9 heteroatoms. The fourth-order valence-electron chi connectivity index (χ4n) is 2.32. The zero-order valence-electron chi connectivity index (χ0n) is 14.8. The summed E-state index contributed by atoms with van der Waals surface area (Å²) in [4.78, 5) is 6.06. The summed E-state index contributed by atoms with van der Waals surface area (Å²) in [6, 6.07) is 15.8. The quantitative estimate of drug-likeness (QED) is 0.374.